The molecule has 1 amide bonds. The monoisotopic (exact) mass is 338 g/mol. The highest BCUT2D eigenvalue weighted by Gasteiger charge is 2.20. The van der Waals surface area contributed by atoms with E-state index in [4.69, 9.17) is 5.73 Å². The van der Waals surface area contributed by atoms with E-state index in [0.717, 1.165) is 17.1 Å². The second kappa shape index (κ2) is 6.88. The van der Waals surface area contributed by atoms with Gasteiger partial charge in [-0.1, -0.05) is 59.8 Å². The highest BCUT2D eigenvalue weighted by Crippen LogP contribution is 2.30. The summed E-state index contributed by atoms with van der Waals surface area (Å²) in [6, 6.07) is 18.0. The maximum absolute atomic E-state index is 11.4. The highest BCUT2D eigenvalue weighted by atomic mass is 32.2. The Hall–Kier alpha value is -2.60. The summed E-state index contributed by atoms with van der Waals surface area (Å²) in [6.07, 6.45) is 0. The van der Waals surface area contributed by atoms with E-state index in [2.05, 4.69) is 10.2 Å². The number of hydrogen-bond donors (Lipinski definition) is 1. The molecule has 2 aromatic carbocycles. The molecule has 0 fully saturated rings. The number of carbonyl (C=O) groups is 1. The van der Waals surface area contributed by atoms with E-state index in [-0.39, 0.29) is 11.2 Å². The molecule has 0 radical (unpaired) electrons. The molecular formula is C18H18N4OS. The first kappa shape index (κ1) is 16.3. The van der Waals surface area contributed by atoms with E-state index >= 15 is 0 Å². The lowest BCUT2D eigenvalue weighted by atomic mass is 10.2. The summed E-state index contributed by atoms with van der Waals surface area (Å²) in [4.78, 5) is 11.4. The minimum atomic E-state index is -0.387. The molecule has 0 aliphatic rings. The number of aromatic nitrogens is 3. The Kier molecular flexibility index (Phi) is 4.66. The largest absolute Gasteiger partial charge is 0.369 e. The minimum absolute atomic E-state index is 0.375. The molecule has 3 rings (SSSR count). The number of hydrogen-bond acceptors (Lipinski definition) is 4. The summed E-state index contributed by atoms with van der Waals surface area (Å²) in [5, 5.41) is 8.88. The maximum Gasteiger partial charge on any atom is 0.230 e. The summed E-state index contributed by atoms with van der Waals surface area (Å²) in [5.74, 6) is 0.360. The van der Waals surface area contributed by atoms with Crippen molar-refractivity contribution >= 4 is 17.7 Å². The van der Waals surface area contributed by atoms with E-state index in [1.807, 2.05) is 66.1 Å². The molecule has 1 aromatic heterocycles. The zero-order valence-corrected chi connectivity index (χ0v) is 14.3. The minimum Gasteiger partial charge on any atom is -0.369 e. The van der Waals surface area contributed by atoms with Crippen LogP contribution in [0.4, 0.5) is 0 Å². The van der Waals surface area contributed by atoms with Crippen LogP contribution in [-0.2, 0) is 4.79 Å². The molecule has 0 saturated heterocycles. The zero-order valence-electron chi connectivity index (χ0n) is 13.5. The van der Waals surface area contributed by atoms with E-state index in [1.165, 1.54) is 17.3 Å². The van der Waals surface area contributed by atoms with Crippen molar-refractivity contribution in [2.75, 3.05) is 0 Å². The van der Waals surface area contributed by atoms with Crippen molar-refractivity contribution in [3.8, 4) is 17.1 Å². The second-order valence-electron chi connectivity index (χ2n) is 5.51. The number of benzene rings is 2. The SMILES string of the molecule is Cc1ccc(-n2c(S[C@@H](C)C(N)=O)nnc2-c2ccccc2)cc1. The van der Waals surface area contributed by atoms with Gasteiger partial charge in [0.25, 0.3) is 0 Å². The van der Waals surface area contributed by atoms with Crippen LogP contribution in [0.2, 0.25) is 0 Å². The van der Waals surface area contributed by atoms with E-state index < -0.39 is 0 Å². The Morgan fingerprint density at radius 3 is 2.38 bits per heavy atom. The number of carbonyl (C=O) groups excluding carboxylic acids is 1. The number of thioether (sulfide) groups is 1. The summed E-state index contributed by atoms with van der Waals surface area (Å²) in [7, 11) is 0. The molecule has 0 spiro atoms. The maximum atomic E-state index is 11.4. The summed E-state index contributed by atoms with van der Waals surface area (Å²) < 4.78 is 1.96. The smallest absolute Gasteiger partial charge is 0.230 e. The van der Waals surface area contributed by atoms with Gasteiger partial charge in [0.1, 0.15) is 0 Å². The van der Waals surface area contributed by atoms with E-state index in [9.17, 15) is 4.79 Å². The van der Waals surface area contributed by atoms with Crippen LogP contribution < -0.4 is 5.73 Å². The van der Waals surface area contributed by atoms with Crippen LogP contribution >= 0.6 is 11.8 Å². The third-order valence-electron chi connectivity index (χ3n) is 3.64. The number of nitrogens with zero attached hydrogens (tertiary/aromatic N) is 3. The van der Waals surface area contributed by atoms with Crippen LogP contribution in [0.1, 0.15) is 12.5 Å². The fourth-order valence-corrected chi connectivity index (χ4v) is 3.08. The fourth-order valence-electron chi connectivity index (χ4n) is 2.26. The summed E-state index contributed by atoms with van der Waals surface area (Å²) in [6.45, 7) is 3.81. The Morgan fingerprint density at radius 1 is 1.08 bits per heavy atom. The molecule has 2 N–H and O–H groups in total. The molecule has 1 atom stereocenters. The van der Waals surface area contributed by atoms with Gasteiger partial charge >= 0.3 is 0 Å². The van der Waals surface area contributed by atoms with Gasteiger partial charge in [-0.15, -0.1) is 10.2 Å². The number of nitrogens with two attached hydrogens (primary N) is 1. The Balaban J connectivity index is 2.12. The molecule has 5 nitrogen and oxygen atoms in total. The number of aryl methyl sites for hydroxylation is 1. The number of amides is 1. The van der Waals surface area contributed by atoms with Crippen LogP contribution in [0.15, 0.2) is 59.8 Å². The van der Waals surface area contributed by atoms with Gasteiger partial charge in [0.15, 0.2) is 11.0 Å². The normalized spacial score (nSPS) is 12.1. The highest BCUT2D eigenvalue weighted by molar-refractivity contribution is 8.00. The fraction of sp³-hybridized carbons (Fsp3) is 0.167. The number of primary amides is 1. The predicted molar refractivity (Wildman–Crippen MR) is 96.0 cm³/mol. The lowest BCUT2D eigenvalue weighted by Gasteiger charge is -2.12. The Labute approximate surface area is 144 Å². The van der Waals surface area contributed by atoms with Gasteiger partial charge in [-0.3, -0.25) is 9.36 Å². The topological polar surface area (TPSA) is 73.8 Å². The van der Waals surface area contributed by atoms with E-state index in [1.54, 1.807) is 6.92 Å². The van der Waals surface area contributed by atoms with Gasteiger partial charge in [-0.2, -0.15) is 0 Å². The molecule has 24 heavy (non-hydrogen) atoms. The predicted octanol–water partition coefficient (Wildman–Crippen LogP) is 3.21. The van der Waals surface area contributed by atoms with Crippen molar-refractivity contribution in [1.29, 1.82) is 0 Å². The lowest BCUT2D eigenvalue weighted by molar-refractivity contribution is -0.117. The van der Waals surface area contributed by atoms with Gasteiger partial charge in [0.2, 0.25) is 5.91 Å². The Morgan fingerprint density at radius 2 is 1.75 bits per heavy atom. The number of rotatable bonds is 5. The summed E-state index contributed by atoms with van der Waals surface area (Å²) in [5.41, 5.74) is 8.48. The van der Waals surface area contributed by atoms with Gasteiger partial charge in [0, 0.05) is 11.3 Å². The summed E-state index contributed by atoms with van der Waals surface area (Å²) >= 11 is 1.31. The van der Waals surface area contributed by atoms with Crippen molar-refractivity contribution in [3.63, 3.8) is 0 Å². The average molecular weight is 338 g/mol. The van der Waals surface area contributed by atoms with Crippen LogP contribution in [0.25, 0.3) is 17.1 Å². The zero-order chi connectivity index (χ0) is 17.1. The van der Waals surface area contributed by atoms with Gasteiger partial charge in [0.05, 0.1) is 5.25 Å². The van der Waals surface area contributed by atoms with Crippen LogP contribution in [0.3, 0.4) is 0 Å². The van der Waals surface area contributed by atoms with Crippen molar-refractivity contribution in [3.05, 3.63) is 60.2 Å². The van der Waals surface area contributed by atoms with Crippen molar-refractivity contribution < 1.29 is 4.79 Å². The molecule has 0 unspecified atom stereocenters. The molecule has 6 heteroatoms. The third-order valence-corrected chi connectivity index (χ3v) is 4.70. The molecular weight excluding hydrogens is 320 g/mol. The quantitative estimate of drug-likeness (QED) is 0.725. The first-order valence-electron chi connectivity index (χ1n) is 7.60. The van der Waals surface area contributed by atoms with Crippen molar-refractivity contribution in [2.24, 2.45) is 5.73 Å². The Bertz CT molecular complexity index is 843. The average Bonchev–Trinajstić information content (AvgIpc) is 3.00. The van der Waals surface area contributed by atoms with Crippen LogP contribution in [0, 0.1) is 6.92 Å². The standard InChI is InChI=1S/C18H18N4OS/c1-12-8-10-15(11-9-12)22-17(14-6-4-3-5-7-14)20-21-18(22)24-13(2)16(19)23/h3-11,13H,1-2H3,(H2,19,23)/t13-/m0/s1. The first-order chi connectivity index (χ1) is 11.6. The second-order valence-corrected chi connectivity index (χ2v) is 6.81. The first-order valence-corrected chi connectivity index (χ1v) is 8.48. The van der Waals surface area contributed by atoms with Crippen molar-refractivity contribution in [1.82, 2.24) is 14.8 Å². The lowest BCUT2D eigenvalue weighted by Crippen LogP contribution is -2.23. The third kappa shape index (κ3) is 3.33. The van der Waals surface area contributed by atoms with Gasteiger partial charge < -0.3 is 5.73 Å². The van der Waals surface area contributed by atoms with E-state index in [0.29, 0.717) is 5.16 Å². The van der Waals surface area contributed by atoms with Crippen LogP contribution in [0.5, 0.6) is 0 Å². The van der Waals surface area contributed by atoms with Crippen molar-refractivity contribution in [2.45, 2.75) is 24.3 Å². The molecule has 0 bridgehead atoms. The molecule has 0 saturated carbocycles. The molecule has 3 aromatic rings. The van der Waals surface area contributed by atoms with Crippen LogP contribution in [-0.4, -0.2) is 25.9 Å². The molecule has 1 heterocycles. The molecule has 122 valence electrons. The molecule has 0 aliphatic carbocycles. The van der Waals surface area contributed by atoms with Gasteiger partial charge in [-0.05, 0) is 26.0 Å². The van der Waals surface area contributed by atoms with Gasteiger partial charge in [-0.25, -0.2) is 0 Å². The molecule has 0 aliphatic heterocycles.